The summed E-state index contributed by atoms with van der Waals surface area (Å²) >= 11 is 1.54. The van der Waals surface area contributed by atoms with E-state index in [2.05, 4.69) is 39.1 Å². The predicted molar refractivity (Wildman–Crippen MR) is 127 cm³/mol. The Morgan fingerprint density at radius 2 is 1.84 bits per heavy atom. The highest BCUT2D eigenvalue weighted by molar-refractivity contribution is 7.98. The first-order valence-electron chi connectivity index (χ1n) is 11.0. The summed E-state index contributed by atoms with van der Waals surface area (Å²) in [5, 5.41) is 0.667. The summed E-state index contributed by atoms with van der Waals surface area (Å²) in [6.45, 7) is 3.14. The van der Waals surface area contributed by atoms with Gasteiger partial charge in [0.2, 0.25) is 0 Å². The first-order valence-corrected chi connectivity index (χ1v) is 12.0. The third-order valence-electron chi connectivity index (χ3n) is 6.09. The lowest BCUT2D eigenvalue weighted by molar-refractivity contribution is 0.0997. The number of fused-ring (bicyclic) bond motifs is 1. The van der Waals surface area contributed by atoms with E-state index in [9.17, 15) is 4.79 Å². The Morgan fingerprint density at radius 3 is 2.69 bits per heavy atom. The number of morpholine rings is 1. The van der Waals surface area contributed by atoms with E-state index < -0.39 is 5.91 Å². The number of aryl methyl sites for hydroxylation is 2. The molecule has 32 heavy (non-hydrogen) atoms. The van der Waals surface area contributed by atoms with Crippen LogP contribution < -0.4 is 10.6 Å². The predicted octanol–water partition coefficient (Wildman–Crippen LogP) is 3.86. The number of carbonyl (C=O) groups is 1. The third-order valence-corrected chi connectivity index (χ3v) is 7.15. The van der Waals surface area contributed by atoms with E-state index in [0.29, 0.717) is 16.3 Å². The number of thioether (sulfide) groups is 1. The number of nitrogens with two attached hydrogens (primary N) is 1. The molecule has 0 saturated carbocycles. The minimum absolute atomic E-state index is 0.445. The molecule has 164 valence electrons. The molecule has 0 spiro atoms. The molecule has 2 aliphatic rings. The van der Waals surface area contributed by atoms with Crippen molar-refractivity contribution in [2.24, 2.45) is 5.73 Å². The smallest absolute Gasteiger partial charge is 0.252 e. The van der Waals surface area contributed by atoms with Crippen LogP contribution in [0.25, 0.3) is 11.1 Å². The van der Waals surface area contributed by atoms with Crippen molar-refractivity contribution in [3.05, 3.63) is 71.0 Å². The van der Waals surface area contributed by atoms with E-state index in [4.69, 9.17) is 10.5 Å². The van der Waals surface area contributed by atoms with Crippen LogP contribution in [0.3, 0.4) is 0 Å². The molecule has 7 heteroatoms. The fraction of sp³-hybridized carbons (Fsp3) is 0.320. The van der Waals surface area contributed by atoms with Crippen LogP contribution in [-0.2, 0) is 23.3 Å². The van der Waals surface area contributed by atoms with Gasteiger partial charge < -0.3 is 15.4 Å². The van der Waals surface area contributed by atoms with Crippen molar-refractivity contribution in [3.8, 4) is 11.1 Å². The van der Waals surface area contributed by atoms with Gasteiger partial charge >= 0.3 is 0 Å². The second-order valence-corrected chi connectivity index (χ2v) is 9.11. The number of amides is 1. The molecule has 1 aliphatic carbocycles. The Morgan fingerprint density at radius 1 is 1.03 bits per heavy atom. The van der Waals surface area contributed by atoms with Gasteiger partial charge in [-0.1, -0.05) is 18.2 Å². The zero-order chi connectivity index (χ0) is 21.9. The minimum atomic E-state index is -0.445. The van der Waals surface area contributed by atoms with Gasteiger partial charge in [-0.15, -0.1) is 11.8 Å². The standard InChI is InChI=1S/C25H26N4O2S/c26-24(30)23-21(20-5-4-18-2-1-3-19(18)15-20)7-9-28-25(23)32-16-17-6-8-27-22(14-17)29-10-12-31-13-11-29/h4-9,14-15H,1-3,10-13,16H2,(H2,26,30). The molecule has 1 aliphatic heterocycles. The number of hydrogen-bond donors (Lipinski definition) is 1. The Kier molecular flexibility index (Phi) is 6.10. The number of aromatic nitrogens is 2. The van der Waals surface area contributed by atoms with E-state index in [0.717, 1.165) is 61.7 Å². The normalized spacial score (nSPS) is 15.6. The summed E-state index contributed by atoms with van der Waals surface area (Å²) in [5.41, 5.74) is 12.1. The van der Waals surface area contributed by atoms with Crippen molar-refractivity contribution in [2.45, 2.75) is 30.0 Å². The lowest BCUT2D eigenvalue weighted by Crippen LogP contribution is -2.36. The minimum Gasteiger partial charge on any atom is -0.378 e. The van der Waals surface area contributed by atoms with Crippen LogP contribution >= 0.6 is 11.8 Å². The van der Waals surface area contributed by atoms with Crippen molar-refractivity contribution in [2.75, 3.05) is 31.2 Å². The SMILES string of the molecule is NC(=O)c1c(-c2ccc3c(c2)CCC3)ccnc1SCc1ccnc(N2CCOCC2)c1. The van der Waals surface area contributed by atoms with Crippen LogP contribution in [0.1, 0.15) is 33.5 Å². The molecule has 1 fully saturated rings. The molecule has 2 N–H and O–H groups in total. The number of hydrogen-bond acceptors (Lipinski definition) is 6. The summed E-state index contributed by atoms with van der Waals surface area (Å²) < 4.78 is 5.44. The molecule has 6 nitrogen and oxygen atoms in total. The molecule has 0 bridgehead atoms. The van der Waals surface area contributed by atoms with Crippen molar-refractivity contribution >= 4 is 23.5 Å². The molecule has 1 amide bonds. The molecule has 0 radical (unpaired) electrons. The quantitative estimate of drug-likeness (QED) is 0.579. The maximum atomic E-state index is 12.5. The second kappa shape index (κ2) is 9.30. The Labute approximate surface area is 192 Å². The van der Waals surface area contributed by atoms with Gasteiger partial charge in [-0.05, 0) is 65.3 Å². The highest BCUT2D eigenvalue weighted by Gasteiger charge is 2.19. The van der Waals surface area contributed by atoms with E-state index in [-0.39, 0.29) is 0 Å². The molecule has 2 aromatic heterocycles. The first kappa shape index (κ1) is 21.0. The van der Waals surface area contributed by atoms with Crippen LogP contribution in [-0.4, -0.2) is 42.2 Å². The van der Waals surface area contributed by atoms with Gasteiger partial charge in [0.15, 0.2) is 0 Å². The number of rotatable bonds is 6. The number of primary amides is 1. The van der Waals surface area contributed by atoms with Crippen LogP contribution in [0.4, 0.5) is 5.82 Å². The molecular formula is C25H26N4O2S. The van der Waals surface area contributed by atoms with Gasteiger partial charge in [-0.3, -0.25) is 4.79 Å². The number of anilines is 1. The second-order valence-electron chi connectivity index (χ2n) is 8.15. The van der Waals surface area contributed by atoms with Crippen LogP contribution in [0.2, 0.25) is 0 Å². The lowest BCUT2D eigenvalue weighted by Gasteiger charge is -2.28. The van der Waals surface area contributed by atoms with Crippen LogP contribution in [0, 0.1) is 0 Å². The van der Waals surface area contributed by atoms with Gasteiger partial charge in [0.05, 0.1) is 18.8 Å². The molecular weight excluding hydrogens is 420 g/mol. The van der Waals surface area contributed by atoms with Crippen molar-refractivity contribution in [1.82, 2.24) is 9.97 Å². The van der Waals surface area contributed by atoms with Gasteiger partial charge in [-0.2, -0.15) is 0 Å². The topological polar surface area (TPSA) is 81.3 Å². The summed E-state index contributed by atoms with van der Waals surface area (Å²) in [6.07, 6.45) is 7.02. The van der Waals surface area contributed by atoms with Gasteiger partial charge in [0.1, 0.15) is 10.8 Å². The third kappa shape index (κ3) is 4.36. The van der Waals surface area contributed by atoms with Crippen LogP contribution in [0.15, 0.2) is 53.8 Å². The largest absolute Gasteiger partial charge is 0.378 e. The number of pyridine rings is 2. The summed E-state index contributed by atoms with van der Waals surface area (Å²) in [5.74, 6) is 1.20. The number of nitrogens with zero attached hydrogens (tertiary/aromatic N) is 3. The average molecular weight is 447 g/mol. The molecule has 3 aromatic rings. The summed E-state index contributed by atoms with van der Waals surface area (Å²) in [6, 6.07) is 12.5. The molecule has 1 aromatic carbocycles. The fourth-order valence-corrected chi connectivity index (χ4v) is 5.41. The Balaban J connectivity index is 1.40. The van der Waals surface area contributed by atoms with Gasteiger partial charge in [-0.25, -0.2) is 9.97 Å². The molecule has 0 atom stereocenters. The summed E-state index contributed by atoms with van der Waals surface area (Å²) in [4.78, 5) is 23.7. The zero-order valence-electron chi connectivity index (χ0n) is 17.9. The zero-order valence-corrected chi connectivity index (χ0v) is 18.7. The number of carbonyl (C=O) groups excluding carboxylic acids is 1. The molecule has 0 unspecified atom stereocenters. The molecule has 3 heterocycles. The number of ether oxygens (including phenoxy) is 1. The Bertz CT molecular complexity index is 1140. The Hall–Kier alpha value is -2.90. The maximum absolute atomic E-state index is 12.5. The van der Waals surface area contributed by atoms with Gasteiger partial charge in [0.25, 0.3) is 5.91 Å². The summed E-state index contributed by atoms with van der Waals surface area (Å²) in [7, 11) is 0. The maximum Gasteiger partial charge on any atom is 0.252 e. The highest BCUT2D eigenvalue weighted by Crippen LogP contribution is 2.34. The lowest BCUT2D eigenvalue weighted by atomic mass is 9.98. The average Bonchev–Trinajstić information content (AvgIpc) is 3.31. The van der Waals surface area contributed by atoms with Crippen molar-refractivity contribution < 1.29 is 9.53 Å². The first-order chi connectivity index (χ1) is 15.7. The van der Waals surface area contributed by atoms with E-state index in [1.165, 1.54) is 29.3 Å². The van der Waals surface area contributed by atoms with Crippen LogP contribution in [0.5, 0.6) is 0 Å². The van der Waals surface area contributed by atoms with Crippen molar-refractivity contribution in [1.29, 1.82) is 0 Å². The van der Waals surface area contributed by atoms with Crippen molar-refractivity contribution in [3.63, 3.8) is 0 Å². The number of benzene rings is 1. The highest BCUT2D eigenvalue weighted by atomic mass is 32.2. The van der Waals surface area contributed by atoms with Gasteiger partial charge in [0, 0.05) is 31.2 Å². The van der Waals surface area contributed by atoms with E-state index >= 15 is 0 Å². The fourth-order valence-electron chi connectivity index (χ4n) is 4.44. The van der Waals surface area contributed by atoms with E-state index in [1.807, 2.05) is 18.3 Å². The monoisotopic (exact) mass is 446 g/mol. The van der Waals surface area contributed by atoms with E-state index in [1.54, 1.807) is 6.20 Å². The molecule has 1 saturated heterocycles. The molecule has 5 rings (SSSR count).